The van der Waals surface area contributed by atoms with Crippen LogP contribution in [0, 0.1) is 0 Å². The second-order valence-corrected chi connectivity index (χ2v) is 5.59. The molecule has 0 spiro atoms. The molecule has 0 saturated carbocycles. The number of fused-ring (bicyclic) bond motifs is 1. The first-order valence-electron chi connectivity index (χ1n) is 8.15. The van der Waals surface area contributed by atoms with Crippen molar-refractivity contribution in [3.63, 3.8) is 0 Å². The van der Waals surface area contributed by atoms with Crippen molar-refractivity contribution in [2.45, 2.75) is 20.0 Å². The molecule has 1 atom stereocenters. The molecule has 3 aromatic rings. The van der Waals surface area contributed by atoms with E-state index < -0.39 is 12.1 Å². The summed E-state index contributed by atoms with van der Waals surface area (Å²) in [4.78, 5) is 28.1. The maximum atomic E-state index is 12.7. The van der Waals surface area contributed by atoms with Crippen LogP contribution in [-0.4, -0.2) is 29.4 Å². The van der Waals surface area contributed by atoms with Gasteiger partial charge < -0.3 is 14.5 Å². The lowest BCUT2D eigenvalue weighted by Gasteiger charge is -2.14. The molecule has 1 heterocycles. The van der Waals surface area contributed by atoms with Gasteiger partial charge in [0.1, 0.15) is 11.3 Å². The lowest BCUT2D eigenvalue weighted by Crippen LogP contribution is -2.24. The van der Waals surface area contributed by atoms with Gasteiger partial charge in [-0.2, -0.15) is 0 Å². The van der Waals surface area contributed by atoms with Crippen molar-refractivity contribution in [3.8, 4) is 5.75 Å². The minimum absolute atomic E-state index is 0.250. The van der Waals surface area contributed by atoms with Crippen molar-refractivity contribution in [1.29, 1.82) is 0 Å². The van der Waals surface area contributed by atoms with Crippen molar-refractivity contribution < 1.29 is 19.1 Å². The summed E-state index contributed by atoms with van der Waals surface area (Å²) in [6.07, 6.45) is 0.743. The topological polar surface area (TPSA) is 68.4 Å². The Balaban J connectivity index is 1.79. The third kappa shape index (κ3) is 3.40. The number of ether oxygens (including phenoxy) is 2. The Morgan fingerprint density at radius 3 is 2.56 bits per heavy atom. The summed E-state index contributed by atoms with van der Waals surface area (Å²) in [7, 11) is 0. The van der Waals surface area contributed by atoms with E-state index in [-0.39, 0.29) is 5.78 Å². The number of hydrogen-bond donors (Lipinski definition) is 1. The van der Waals surface area contributed by atoms with E-state index >= 15 is 0 Å². The minimum Gasteiger partial charge on any atom is -0.493 e. The second-order valence-electron chi connectivity index (χ2n) is 5.59. The SMILES string of the molecule is CCOc1ccccc1C(=O)O[C@H](C)C(=O)c1c[nH]c2ccccc12. The predicted octanol–water partition coefficient (Wildman–Crippen LogP) is 3.99. The maximum Gasteiger partial charge on any atom is 0.342 e. The lowest BCUT2D eigenvalue weighted by molar-refractivity contribution is 0.0316. The van der Waals surface area contributed by atoms with Gasteiger partial charge in [-0.15, -0.1) is 0 Å². The molecule has 0 fully saturated rings. The molecule has 25 heavy (non-hydrogen) atoms. The van der Waals surface area contributed by atoms with Gasteiger partial charge in [0.15, 0.2) is 6.10 Å². The largest absolute Gasteiger partial charge is 0.493 e. The Morgan fingerprint density at radius 2 is 1.76 bits per heavy atom. The number of carbonyl (C=O) groups excluding carboxylic acids is 2. The highest BCUT2D eigenvalue weighted by Gasteiger charge is 2.24. The summed E-state index contributed by atoms with van der Waals surface area (Å²) >= 11 is 0. The number of nitrogens with one attached hydrogen (secondary N) is 1. The quantitative estimate of drug-likeness (QED) is 0.545. The summed E-state index contributed by atoms with van der Waals surface area (Å²) in [6, 6.07) is 14.3. The monoisotopic (exact) mass is 337 g/mol. The maximum absolute atomic E-state index is 12.7. The van der Waals surface area contributed by atoms with E-state index in [1.807, 2.05) is 31.2 Å². The minimum atomic E-state index is -0.901. The van der Waals surface area contributed by atoms with Gasteiger partial charge in [0.25, 0.3) is 0 Å². The molecule has 0 radical (unpaired) electrons. The molecule has 0 saturated heterocycles. The Hall–Kier alpha value is -3.08. The zero-order valence-electron chi connectivity index (χ0n) is 14.1. The highest BCUT2D eigenvalue weighted by molar-refractivity contribution is 6.10. The molecular weight excluding hydrogens is 318 g/mol. The molecule has 5 nitrogen and oxygen atoms in total. The van der Waals surface area contributed by atoms with Crippen LogP contribution in [0.1, 0.15) is 34.6 Å². The Morgan fingerprint density at radius 1 is 1.04 bits per heavy atom. The Bertz CT molecular complexity index is 913. The molecule has 2 aromatic carbocycles. The van der Waals surface area contributed by atoms with Crippen molar-refractivity contribution in [1.82, 2.24) is 4.98 Å². The molecule has 128 valence electrons. The van der Waals surface area contributed by atoms with E-state index in [1.54, 1.807) is 37.4 Å². The van der Waals surface area contributed by atoms with Crippen LogP contribution in [-0.2, 0) is 4.74 Å². The van der Waals surface area contributed by atoms with Gasteiger partial charge in [-0.1, -0.05) is 30.3 Å². The van der Waals surface area contributed by atoms with E-state index in [2.05, 4.69) is 4.98 Å². The molecule has 1 aromatic heterocycles. The first kappa shape index (κ1) is 16.8. The number of aromatic amines is 1. The zero-order valence-corrected chi connectivity index (χ0v) is 14.1. The van der Waals surface area contributed by atoms with E-state index in [0.29, 0.717) is 23.5 Å². The molecule has 1 N–H and O–H groups in total. The average Bonchev–Trinajstić information content (AvgIpc) is 3.05. The van der Waals surface area contributed by atoms with Crippen molar-refractivity contribution in [2.75, 3.05) is 6.61 Å². The van der Waals surface area contributed by atoms with Crippen LogP contribution < -0.4 is 4.74 Å². The number of para-hydroxylation sites is 2. The summed E-state index contributed by atoms with van der Waals surface area (Å²) in [6.45, 7) is 3.85. The van der Waals surface area contributed by atoms with Gasteiger partial charge in [-0.25, -0.2) is 4.79 Å². The van der Waals surface area contributed by atoms with Crippen molar-refractivity contribution in [2.24, 2.45) is 0 Å². The van der Waals surface area contributed by atoms with Gasteiger partial charge in [0.05, 0.1) is 6.61 Å². The number of benzene rings is 2. The molecule has 0 unspecified atom stereocenters. The van der Waals surface area contributed by atoms with Gasteiger partial charge in [-0.3, -0.25) is 4.79 Å². The summed E-state index contributed by atoms with van der Waals surface area (Å²) in [5.41, 5.74) is 1.68. The highest BCUT2D eigenvalue weighted by Crippen LogP contribution is 2.22. The summed E-state index contributed by atoms with van der Waals surface area (Å²) in [5, 5.41) is 0.810. The molecule has 3 rings (SSSR count). The molecule has 5 heteroatoms. The number of esters is 1. The Kier molecular flexibility index (Phi) is 4.84. The molecular formula is C20H19NO4. The van der Waals surface area contributed by atoms with Crippen LogP contribution in [0.4, 0.5) is 0 Å². The average molecular weight is 337 g/mol. The molecule has 0 aliphatic carbocycles. The number of ketones is 1. The molecule has 0 bridgehead atoms. The number of carbonyl (C=O) groups is 2. The predicted molar refractivity (Wildman–Crippen MR) is 95.1 cm³/mol. The second kappa shape index (κ2) is 7.21. The fourth-order valence-electron chi connectivity index (χ4n) is 2.69. The van der Waals surface area contributed by atoms with Crippen LogP contribution in [0.25, 0.3) is 10.9 Å². The number of H-pyrrole nitrogens is 1. The van der Waals surface area contributed by atoms with E-state index in [1.165, 1.54) is 0 Å². The molecule has 0 aliphatic rings. The molecule has 0 aliphatic heterocycles. The zero-order chi connectivity index (χ0) is 17.8. The number of rotatable bonds is 6. The number of Topliss-reactive ketones (excluding diaryl/α,β-unsaturated/α-hetero) is 1. The van der Waals surface area contributed by atoms with Crippen molar-refractivity contribution >= 4 is 22.7 Å². The van der Waals surface area contributed by atoms with Crippen LogP contribution in [0.2, 0.25) is 0 Å². The van der Waals surface area contributed by atoms with E-state index in [0.717, 1.165) is 10.9 Å². The van der Waals surface area contributed by atoms with Gasteiger partial charge in [0, 0.05) is 22.7 Å². The Labute approximate surface area is 145 Å². The van der Waals surface area contributed by atoms with Crippen LogP contribution >= 0.6 is 0 Å². The van der Waals surface area contributed by atoms with E-state index in [4.69, 9.17) is 9.47 Å². The fourth-order valence-corrected chi connectivity index (χ4v) is 2.69. The first-order chi connectivity index (χ1) is 12.1. The molecule has 0 amide bonds. The van der Waals surface area contributed by atoms with Crippen molar-refractivity contribution in [3.05, 3.63) is 65.9 Å². The smallest absolute Gasteiger partial charge is 0.342 e. The van der Waals surface area contributed by atoms with Gasteiger partial charge in [0.2, 0.25) is 5.78 Å². The normalized spacial score (nSPS) is 11.9. The van der Waals surface area contributed by atoms with Gasteiger partial charge >= 0.3 is 5.97 Å². The van der Waals surface area contributed by atoms with Crippen LogP contribution in [0.5, 0.6) is 5.75 Å². The number of hydrogen-bond acceptors (Lipinski definition) is 4. The summed E-state index contributed by atoms with van der Waals surface area (Å²) in [5.74, 6) is -0.383. The third-order valence-electron chi connectivity index (χ3n) is 3.91. The standard InChI is InChI=1S/C20H19NO4/c1-3-24-18-11-7-5-9-15(18)20(23)25-13(2)19(22)16-12-21-17-10-6-4-8-14(16)17/h4-13,21H,3H2,1-2H3/t13-/m1/s1. The lowest BCUT2D eigenvalue weighted by atomic mass is 10.1. The van der Waals surface area contributed by atoms with E-state index in [9.17, 15) is 9.59 Å². The number of aromatic nitrogens is 1. The van der Waals surface area contributed by atoms with Gasteiger partial charge in [-0.05, 0) is 32.0 Å². The van der Waals surface area contributed by atoms with Crippen LogP contribution in [0.15, 0.2) is 54.7 Å². The highest BCUT2D eigenvalue weighted by atomic mass is 16.5. The van der Waals surface area contributed by atoms with Crippen LogP contribution in [0.3, 0.4) is 0 Å². The summed E-state index contributed by atoms with van der Waals surface area (Å²) < 4.78 is 10.8. The first-order valence-corrected chi connectivity index (χ1v) is 8.15. The fraction of sp³-hybridized carbons (Fsp3) is 0.200. The third-order valence-corrected chi connectivity index (χ3v) is 3.91.